The Hall–Kier alpha value is -1.49. The summed E-state index contributed by atoms with van der Waals surface area (Å²) >= 11 is 0. The SMILES string of the molecule is CC(C)(C)ONC(=O)c1cncnc1. The van der Waals surface area contributed by atoms with Gasteiger partial charge in [-0.2, -0.15) is 0 Å². The monoisotopic (exact) mass is 195 g/mol. The van der Waals surface area contributed by atoms with E-state index in [9.17, 15) is 4.79 Å². The summed E-state index contributed by atoms with van der Waals surface area (Å²) in [4.78, 5) is 23.9. The molecule has 1 amide bonds. The molecule has 1 aromatic rings. The number of rotatable bonds is 2. The number of hydrogen-bond acceptors (Lipinski definition) is 4. The molecule has 14 heavy (non-hydrogen) atoms. The van der Waals surface area contributed by atoms with E-state index in [1.54, 1.807) is 0 Å². The average Bonchev–Trinajstić information content (AvgIpc) is 2.14. The molecular weight excluding hydrogens is 182 g/mol. The molecule has 0 saturated heterocycles. The fourth-order valence-corrected chi connectivity index (χ4v) is 0.675. The predicted molar refractivity (Wildman–Crippen MR) is 50.3 cm³/mol. The van der Waals surface area contributed by atoms with Crippen LogP contribution in [-0.2, 0) is 4.84 Å². The molecule has 0 aliphatic heterocycles. The number of aromatic nitrogens is 2. The highest BCUT2D eigenvalue weighted by molar-refractivity contribution is 5.92. The lowest BCUT2D eigenvalue weighted by atomic mass is 10.2. The number of hydrogen-bond donors (Lipinski definition) is 1. The van der Waals surface area contributed by atoms with Gasteiger partial charge in [0.1, 0.15) is 6.33 Å². The van der Waals surface area contributed by atoms with Crippen molar-refractivity contribution >= 4 is 5.91 Å². The molecule has 0 fully saturated rings. The molecule has 0 aromatic carbocycles. The van der Waals surface area contributed by atoms with Gasteiger partial charge in [-0.25, -0.2) is 15.4 Å². The predicted octanol–water partition coefficient (Wildman–Crippen LogP) is 0.937. The zero-order valence-electron chi connectivity index (χ0n) is 8.44. The first kappa shape index (κ1) is 10.6. The fourth-order valence-electron chi connectivity index (χ4n) is 0.675. The summed E-state index contributed by atoms with van der Waals surface area (Å²) in [6, 6.07) is 0. The highest BCUT2D eigenvalue weighted by atomic mass is 16.7. The zero-order valence-corrected chi connectivity index (χ0v) is 8.44. The summed E-state index contributed by atoms with van der Waals surface area (Å²) in [5, 5.41) is 0. The highest BCUT2D eigenvalue weighted by Gasteiger charge is 2.13. The summed E-state index contributed by atoms with van der Waals surface area (Å²) < 4.78 is 0. The Morgan fingerprint density at radius 1 is 1.36 bits per heavy atom. The Morgan fingerprint density at radius 3 is 2.43 bits per heavy atom. The van der Waals surface area contributed by atoms with E-state index in [2.05, 4.69) is 15.4 Å². The van der Waals surface area contributed by atoms with E-state index in [1.807, 2.05) is 20.8 Å². The van der Waals surface area contributed by atoms with E-state index in [1.165, 1.54) is 18.7 Å². The first-order chi connectivity index (χ1) is 6.49. The van der Waals surface area contributed by atoms with Gasteiger partial charge in [0.05, 0.1) is 11.2 Å². The second kappa shape index (κ2) is 4.15. The number of carbonyl (C=O) groups excluding carboxylic acids is 1. The fraction of sp³-hybridized carbons (Fsp3) is 0.444. The third-order valence-electron chi connectivity index (χ3n) is 1.27. The van der Waals surface area contributed by atoms with Crippen LogP contribution in [0.1, 0.15) is 31.1 Å². The number of carbonyl (C=O) groups is 1. The Kier molecular flexibility index (Phi) is 3.14. The van der Waals surface area contributed by atoms with Crippen LogP contribution >= 0.6 is 0 Å². The lowest BCUT2D eigenvalue weighted by Crippen LogP contribution is -2.33. The molecule has 0 radical (unpaired) electrons. The van der Waals surface area contributed by atoms with Crippen LogP contribution in [-0.4, -0.2) is 21.5 Å². The summed E-state index contributed by atoms with van der Waals surface area (Å²) in [5.74, 6) is -0.347. The number of nitrogens with zero attached hydrogens (tertiary/aromatic N) is 2. The molecule has 0 saturated carbocycles. The molecular formula is C9H13N3O2. The van der Waals surface area contributed by atoms with E-state index < -0.39 is 5.60 Å². The molecule has 0 aliphatic rings. The maximum atomic E-state index is 11.4. The van der Waals surface area contributed by atoms with Crippen LogP contribution in [0.15, 0.2) is 18.7 Å². The maximum absolute atomic E-state index is 11.4. The second-order valence-electron chi connectivity index (χ2n) is 3.77. The van der Waals surface area contributed by atoms with Crippen LogP contribution in [0.3, 0.4) is 0 Å². The Morgan fingerprint density at radius 2 is 1.93 bits per heavy atom. The summed E-state index contributed by atoms with van der Waals surface area (Å²) in [6.07, 6.45) is 4.21. The van der Waals surface area contributed by atoms with Gasteiger partial charge in [0.2, 0.25) is 0 Å². The molecule has 1 rings (SSSR count). The van der Waals surface area contributed by atoms with Gasteiger partial charge in [-0.1, -0.05) is 0 Å². The van der Waals surface area contributed by atoms with Crippen LogP contribution in [0.4, 0.5) is 0 Å². The third kappa shape index (κ3) is 3.49. The van der Waals surface area contributed by atoms with Crippen molar-refractivity contribution in [2.24, 2.45) is 0 Å². The van der Waals surface area contributed by atoms with Gasteiger partial charge >= 0.3 is 0 Å². The van der Waals surface area contributed by atoms with Gasteiger partial charge in [-0.05, 0) is 20.8 Å². The van der Waals surface area contributed by atoms with Crippen LogP contribution in [0.2, 0.25) is 0 Å². The molecule has 0 unspecified atom stereocenters. The van der Waals surface area contributed by atoms with Crippen molar-refractivity contribution in [1.82, 2.24) is 15.4 Å². The van der Waals surface area contributed by atoms with Crippen molar-refractivity contribution in [3.63, 3.8) is 0 Å². The molecule has 1 N–H and O–H groups in total. The molecule has 1 heterocycles. The first-order valence-electron chi connectivity index (χ1n) is 4.22. The lowest BCUT2D eigenvalue weighted by molar-refractivity contribution is -0.0590. The maximum Gasteiger partial charge on any atom is 0.277 e. The minimum absolute atomic E-state index is 0.347. The molecule has 5 heteroatoms. The third-order valence-corrected chi connectivity index (χ3v) is 1.27. The van der Waals surface area contributed by atoms with Crippen molar-refractivity contribution in [3.8, 4) is 0 Å². The summed E-state index contributed by atoms with van der Waals surface area (Å²) in [5.41, 5.74) is 2.28. The van der Waals surface area contributed by atoms with Crippen molar-refractivity contribution < 1.29 is 9.63 Å². The van der Waals surface area contributed by atoms with Gasteiger partial charge in [-0.15, -0.1) is 0 Å². The summed E-state index contributed by atoms with van der Waals surface area (Å²) in [6.45, 7) is 5.53. The second-order valence-corrected chi connectivity index (χ2v) is 3.77. The smallest absolute Gasteiger partial charge is 0.268 e. The zero-order chi connectivity index (χ0) is 10.6. The molecule has 0 aliphatic carbocycles. The van der Waals surface area contributed by atoms with E-state index in [0.717, 1.165) is 0 Å². The van der Waals surface area contributed by atoms with Crippen LogP contribution < -0.4 is 5.48 Å². The molecule has 5 nitrogen and oxygen atoms in total. The standard InChI is InChI=1S/C9H13N3O2/c1-9(2,3)14-12-8(13)7-4-10-6-11-5-7/h4-6H,1-3H3,(H,12,13). The quantitative estimate of drug-likeness (QED) is 0.713. The average molecular weight is 195 g/mol. The van der Waals surface area contributed by atoms with Gasteiger partial charge in [0.25, 0.3) is 5.91 Å². The number of amides is 1. The van der Waals surface area contributed by atoms with Crippen LogP contribution in [0.5, 0.6) is 0 Å². The summed E-state index contributed by atoms with van der Waals surface area (Å²) in [7, 11) is 0. The minimum Gasteiger partial charge on any atom is -0.268 e. The van der Waals surface area contributed by atoms with Crippen LogP contribution in [0.25, 0.3) is 0 Å². The van der Waals surface area contributed by atoms with E-state index in [-0.39, 0.29) is 5.91 Å². The molecule has 1 aromatic heterocycles. The first-order valence-corrected chi connectivity index (χ1v) is 4.22. The normalized spacial score (nSPS) is 11.1. The lowest BCUT2D eigenvalue weighted by Gasteiger charge is -2.18. The number of nitrogens with one attached hydrogen (secondary N) is 1. The Bertz CT molecular complexity index is 306. The van der Waals surface area contributed by atoms with Crippen LogP contribution in [0, 0.1) is 0 Å². The van der Waals surface area contributed by atoms with Crippen molar-refractivity contribution in [2.75, 3.05) is 0 Å². The van der Waals surface area contributed by atoms with Gasteiger partial charge in [0.15, 0.2) is 0 Å². The van der Waals surface area contributed by atoms with E-state index in [0.29, 0.717) is 5.56 Å². The highest BCUT2D eigenvalue weighted by Crippen LogP contribution is 2.04. The van der Waals surface area contributed by atoms with Crippen molar-refractivity contribution in [1.29, 1.82) is 0 Å². The molecule has 76 valence electrons. The largest absolute Gasteiger partial charge is 0.277 e. The molecule has 0 spiro atoms. The Labute approximate surface area is 82.5 Å². The van der Waals surface area contributed by atoms with Gasteiger partial charge < -0.3 is 0 Å². The topological polar surface area (TPSA) is 64.1 Å². The van der Waals surface area contributed by atoms with E-state index >= 15 is 0 Å². The van der Waals surface area contributed by atoms with Gasteiger partial charge in [0, 0.05) is 12.4 Å². The minimum atomic E-state index is -0.411. The van der Waals surface area contributed by atoms with E-state index in [4.69, 9.17) is 4.84 Å². The Balaban J connectivity index is 2.52. The molecule has 0 atom stereocenters. The van der Waals surface area contributed by atoms with Crippen molar-refractivity contribution in [3.05, 3.63) is 24.3 Å². The number of hydroxylamine groups is 1. The van der Waals surface area contributed by atoms with Gasteiger partial charge in [-0.3, -0.25) is 9.63 Å². The van der Waals surface area contributed by atoms with Crippen molar-refractivity contribution in [2.45, 2.75) is 26.4 Å². The molecule has 0 bridgehead atoms.